The summed E-state index contributed by atoms with van der Waals surface area (Å²) in [4.78, 5) is 6.69. The van der Waals surface area contributed by atoms with Crippen LogP contribution in [-0.2, 0) is 0 Å². The van der Waals surface area contributed by atoms with Gasteiger partial charge in [-0.05, 0) is 12.8 Å². The third-order valence-corrected chi connectivity index (χ3v) is 3.82. The van der Waals surface area contributed by atoms with Crippen molar-refractivity contribution in [1.29, 1.82) is 0 Å². The Kier molecular flexibility index (Phi) is 3.65. The first-order valence-corrected chi connectivity index (χ1v) is 6.48. The summed E-state index contributed by atoms with van der Waals surface area (Å²) in [6.07, 6.45) is 6.69. The highest BCUT2D eigenvalue weighted by Crippen LogP contribution is 2.25. The van der Waals surface area contributed by atoms with Crippen molar-refractivity contribution >= 4 is 28.1 Å². The third kappa shape index (κ3) is 2.61. The topological polar surface area (TPSA) is 16.1 Å². The monoisotopic (exact) mass is 230 g/mol. The lowest BCUT2D eigenvalue weighted by molar-refractivity contribution is 0.556. The van der Waals surface area contributed by atoms with Crippen molar-refractivity contribution in [3.8, 4) is 0 Å². The van der Waals surface area contributed by atoms with E-state index in [-0.39, 0.29) is 0 Å². The molecule has 2 rings (SSSR count). The zero-order valence-electron chi connectivity index (χ0n) is 8.21. The molecule has 2 nitrogen and oxygen atoms in total. The fourth-order valence-corrected chi connectivity index (χ4v) is 2.83. The number of anilines is 1. The van der Waals surface area contributed by atoms with Crippen LogP contribution in [0.2, 0.25) is 5.15 Å². The fraction of sp³-hybridized carbons (Fsp3) is 0.700. The molecular formula is C10H15ClN2S. The average molecular weight is 231 g/mol. The second-order valence-corrected chi connectivity index (χ2v) is 4.93. The summed E-state index contributed by atoms with van der Waals surface area (Å²) < 4.78 is 0. The van der Waals surface area contributed by atoms with Gasteiger partial charge in [-0.15, -0.1) is 11.3 Å². The van der Waals surface area contributed by atoms with Crippen LogP contribution in [0.5, 0.6) is 0 Å². The Bertz CT molecular complexity index is 279. The van der Waals surface area contributed by atoms with Crippen LogP contribution in [0.3, 0.4) is 0 Å². The highest BCUT2D eigenvalue weighted by molar-refractivity contribution is 7.14. The maximum atomic E-state index is 5.83. The number of nitrogens with zero attached hydrogens (tertiary/aromatic N) is 2. The molecule has 1 aliphatic heterocycles. The van der Waals surface area contributed by atoms with Crippen molar-refractivity contribution < 1.29 is 0 Å². The van der Waals surface area contributed by atoms with Gasteiger partial charge in [-0.2, -0.15) is 0 Å². The molecular weight excluding hydrogens is 216 g/mol. The van der Waals surface area contributed by atoms with Gasteiger partial charge < -0.3 is 4.90 Å². The van der Waals surface area contributed by atoms with Crippen molar-refractivity contribution in [3.63, 3.8) is 0 Å². The summed E-state index contributed by atoms with van der Waals surface area (Å²) >= 11 is 7.48. The predicted molar refractivity (Wildman–Crippen MR) is 62.4 cm³/mol. The van der Waals surface area contributed by atoms with Gasteiger partial charge in [0.15, 0.2) is 5.13 Å². The van der Waals surface area contributed by atoms with E-state index in [4.69, 9.17) is 11.6 Å². The van der Waals surface area contributed by atoms with Gasteiger partial charge in [-0.3, -0.25) is 0 Å². The first-order valence-electron chi connectivity index (χ1n) is 5.22. The molecule has 4 heteroatoms. The van der Waals surface area contributed by atoms with Gasteiger partial charge >= 0.3 is 0 Å². The normalized spacial score (nSPS) is 19.1. The number of halogens is 1. The summed E-state index contributed by atoms with van der Waals surface area (Å²) in [6.45, 7) is 2.29. The van der Waals surface area contributed by atoms with Gasteiger partial charge in [0.25, 0.3) is 0 Å². The summed E-state index contributed by atoms with van der Waals surface area (Å²) in [5.41, 5.74) is 0. The van der Waals surface area contributed by atoms with Crippen molar-refractivity contribution in [2.75, 3.05) is 18.0 Å². The van der Waals surface area contributed by atoms with Crippen LogP contribution in [0.1, 0.15) is 32.1 Å². The maximum Gasteiger partial charge on any atom is 0.186 e. The third-order valence-electron chi connectivity index (χ3n) is 2.59. The Morgan fingerprint density at radius 3 is 2.36 bits per heavy atom. The van der Waals surface area contributed by atoms with Gasteiger partial charge in [-0.25, -0.2) is 4.98 Å². The largest absolute Gasteiger partial charge is 0.348 e. The van der Waals surface area contributed by atoms with Crippen LogP contribution in [0.4, 0.5) is 5.13 Å². The Morgan fingerprint density at radius 2 is 1.79 bits per heavy atom. The van der Waals surface area contributed by atoms with Gasteiger partial charge in [-0.1, -0.05) is 30.9 Å². The van der Waals surface area contributed by atoms with Crippen LogP contribution in [0.25, 0.3) is 0 Å². The van der Waals surface area contributed by atoms with Gasteiger partial charge in [0.05, 0.1) is 0 Å². The molecule has 0 saturated carbocycles. The van der Waals surface area contributed by atoms with E-state index in [0.29, 0.717) is 5.15 Å². The van der Waals surface area contributed by atoms with Gasteiger partial charge in [0.1, 0.15) is 5.15 Å². The Hall–Kier alpha value is -0.280. The van der Waals surface area contributed by atoms with Crippen LogP contribution < -0.4 is 4.90 Å². The number of rotatable bonds is 1. The molecule has 0 bridgehead atoms. The molecule has 1 aromatic heterocycles. The molecule has 0 aromatic carbocycles. The summed E-state index contributed by atoms with van der Waals surface area (Å²) in [5, 5.41) is 3.64. The summed E-state index contributed by atoms with van der Waals surface area (Å²) in [5.74, 6) is 0. The van der Waals surface area contributed by atoms with E-state index in [9.17, 15) is 0 Å². The van der Waals surface area contributed by atoms with E-state index in [0.717, 1.165) is 18.2 Å². The lowest BCUT2D eigenvalue weighted by Crippen LogP contribution is -2.26. The SMILES string of the molecule is Clc1csc(N2CCCCCCC2)n1. The molecule has 1 aromatic rings. The number of aromatic nitrogens is 1. The molecule has 0 unspecified atom stereocenters. The minimum Gasteiger partial charge on any atom is -0.348 e. The zero-order valence-corrected chi connectivity index (χ0v) is 9.78. The Balaban J connectivity index is 2.00. The standard InChI is InChI=1S/C10H15ClN2S/c11-9-8-14-10(12-9)13-6-4-2-1-3-5-7-13/h8H,1-7H2. The highest BCUT2D eigenvalue weighted by atomic mass is 35.5. The highest BCUT2D eigenvalue weighted by Gasteiger charge is 2.11. The smallest absolute Gasteiger partial charge is 0.186 e. The molecule has 0 spiro atoms. The lowest BCUT2D eigenvalue weighted by atomic mass is 10.1. The molecule has 0 radical (unpaired) electrons. The Morgan fingerprint density at radius 1 is 1.14 bits per heavy atom. The molecule has 1 saturated heterocycles. The second kappa shape index (κ2) is 4.99. The van der Waals surface area contributed by atoms with Crippen LogP contribution in [-0.4, -0.2) is 18.1 Å². The Labute approximate surface area is 93.9 Å². The molecule has 1 aliphatic rings. The van der Waals surface area contributed by atoms with E-state index >= 15 is 0 Å². The quantitative estimate of drug-likeness (QED) is 0.733. The molecule has 14 heavy (non-hydrogen) atoms. The van der Waals surface area contributed by atoms with E-state index in [1.54, 1.807) is 11.3 Å². The summed E-state index contributed by atoms with van der Waals surface area (Å²) in [6, 6.07) is 0. The van der Waals surface area contributed by atoms with Crippen LogP contribution in [0, 0.1) is 0 Å². The molecule has 2 heterocycles. The van der Waals surface area contributed by atoms with Crippen molar-refractivity contribution in [2.45, 2.75) is 32.1 Å². The molecule has 1 fully saturated rings. The van der Waals surface area contributed by atoms with Gasteiger partial charge in [0, 0.05) is 18.5 Å². The number of hydrogen-bond donors (Lipinski definition) is 0. The maximum absolute atomic E-state index is 5.83. The molecule has 0 N–H and O–H groups in total. The minimum absolute atomic E-state index is 0.632. The van der Waals surface area contributed by atoms with E-state index in [1.165, 1.54) is 32.1 Å². The fourth-order valence-electron chi connectivity index (χ4n) is 1.83. The molecule has 0 atom stereocenters. The molecule has 78 valence electrons. The van der Waals surface area contributed by atoms with E-state index in [1.807, 2.05) is 5.38 Å². The average Bonchev–Trinajstić information content (AvgIpc) is 2.51. The first-order chi connectivity index (χ1) is 6.86. The summed E-state index contributed by atoms with van der Waals surface area (Å²) in [7, 11) is 0. The van der Waals surface area contributed by atoms with Crippen LogP contribution in [0.15, 0.2) is 5.38 Å². The first kappa shape index (κ1) is 10.2. The van der Waals surface area contributed by atoms with Crippen molar-refractivity contribution in [3.05, 3.63) is 10.5 Å². The minimum atomic E-state index is 0.632. The van der Waals surface area contributed by atoms with Crippen molar-refractivity contribution in [1.82, 2.24) is 4.98 Å². The lowest BCUT2D eigenvalue weighted by Gasteiger charge is -2.23. The number of thiazole rings is 1. The van der Waals surface area contributed by atoms with E-state index in [2.05, 4.69) is 9.88 Å². The van der Waals surface area contributed by atoms with E-state index < -0.39 is 0 Å². The zero-order chi connectivity index (χ0) is 9.80. The second-order valence-electron chi connectivity index (χ2n) is 3.71. The van der Waals surface area contributed by atoms with Crippen LogP contribution >= 0.6 is 22.9 Å². The molecule has 0 amide bonds. The molecule has 0 aliphatic carbocycles. The van der Waals surface area contributed by atoms with Crippen molar-refractivity contribution in [2.24, 2.45) is 0 Å². The van der Waals surface area contributed by atoms with Gasteiger partial charge in [0.2, 0.25) is 0 Å². The number of hydrogen-bond acceptors (Lipinski definition) is 3. The predicted octanol–water partition coefficient (Wildman–Crippen LogP) is 3.57.